The molecule has 0 saturated heterocycles. The molecule has 6 nitrogen and oxygen atoms in total. The van der Waals surface area contributed by atoms with Gasteiger partial charge in [-0.2, -0.15) is 5.10 Å². The summed E-state index contributed by atoms with van der Waals surface area (Å²) >= 11 is 0. The van der Waals surface area contributed by atoms with Gasteiger partial charge in [0.15, 0.2) is 0 Å². The fourth-order valence-corrected chi connectivity index (χ4v) is 2.37. The van der Waals surface area contributed by atoms with Crippen LogP contribution in [-0.2, 0) is 13.0 Å². The molecule has 1 aliphatic heterocycles. The Kier molecular flexibility index (Phi) is 2.63. The number of rotatable bonds is 3. The predicted octanol–water partition coefficient (Wildman–Crippen LogP) is 0.932. The Hall–Kier alpha value is -2.50. The molecule has 0 spiro atoms. The number of carbonyl (C=O) groups is 1. The number of anilines is 1. The van der Waals surface area contributed by atoms with Crippen molar-refractivity contribution < 1.29 is 4.79 Å². The normalized spacial score (nSPS) is 12.6. The van der Waals surface area contributed by atoms with E-state index >= 15 is 0 Å². The highest BCUT2D eigenvalue weighted by Crippen LogP contribution is 2.31. The minimum atomic E-state index is -0.101. The Morgan fingerprint density at radius 2 is 2.53 bits per heavy atom. The number of aryl methyl sites for hydroxylation is 1. The molecular weight excluding hydrogens is 242 g/mol. The van der Waals surface area contributed by atoms with E-state index in [9.17, 15) is 4.79 Å². The zero-order chi connectivity index (χ0) is 13.4. The molecule has 98 valence electrons. The highest BCUT2D eigenvalue weighted by Gasteiger charge is 2.22. The summed E-state index contributed by atoms with van der Waals surface area (Å²) in [6.45, 7) is 4.84. The third-order valence-corrected chi connectivity index (χ3v) is 3.32. The van der Waals surface area contributed by atoms with Gasteiger partial charge in [-0.25, -0.2) is 0 Å². The smallest absolute Gasteiger partial charge is 0.253 e. The molecule has 3 heterocycles. The Bertz CT molecular complexity index is 652. The zero-order valence-corrected chi connectivity index (χ0v) is 10.4. The lowest BCUT2D eigenvalue weighted by atomic mass is 10.1. The Balaban J connectivity index is 1.96. The number of hydrogen-bond acceptors (Lipinski definition) is 3. The zero-order valence-electron chi connectivity index (χ0n) is 10.4. The van der Waals surface area contributed by atoms with Crippen molar-refractivity contribution in [2.75, 3.05) is 12.3 Å². The number of aromatic amines is 1. The molecule has 0 radical (unpaired) electrons. The molecule has 0 unspecified atom stereocenters. The third kappa shape index (κ3) is 1.81. The van der Waals surface area contributed by atoms with Gasteiger partial charge in [-0.15, -0.1) is 6.58 Å². The van der Waals surface area contributed by atoms with Gasteiger partial charge in [0.25, 0.3) is 5.91 Å². The number of nitrogens with two attached hydrogens (primary N) is 1. The van der Waals surface area contributed by atoms with Crippen molar-refractivity contribution in [3.8, 4) is 11.4 Å². The molecule has 2 aromatic heterocycles. The Morgan fingerprint density at radius 3 is 3.32 bits per heavy atom. The molecule has 2 aromatic rings. The summed E-state index contributed by atoms with van der Waals surface area (Å²) in [7, 11) is 0. The first kappa shape index (κ1) is 11.6. The molecular formula is C13H15N5O. The van der Waals surface area contributed by atoms with Crippen molar-refractivity contribution >= 4 is 11.7 Å². The molecule has 1 amide bonds. The number of hydrogen-bond donors (Lipinski definition) is 3. The highest BCUT2D eigenvalue weighted by molar-refractivity contribution is 5.95. The van der Waals surface area contributed by atoms with Gasteiger partial charge in [0, 0.05) is 24.8 Å². The SMILES string of the molecule is C=CCNC(=O)c1cc2n(c1)CCc1c(N)n[nH]c1-2. The lowest BCUT2D eigenvalue weighted by Crippen LogP contribution is -2.22. The molecule has 1 aliphatic rings. The van der Waals surface area contributed by atoms with Crippen molar-refractivity contribution in [1.29, 1.82) is 0 Å². The maximum atomic E-state index is 11.9. The van der Waals surface area contributed by atoms with E-state index in [0.29, 0.717) is 17.9 Å². The number of amides is 1. The van der Waals surface area contributed by atoms with Crippen LogP contribution >= 0.6 is 0 Å². The summed E-state index contributed by atoms with van der Waals surface area (Å²) in [5.41, 5.74) is 9.34. The molecule has 0 aliphatic carbocycles. The summed E-state index contributed by atoms with van der Waals surface area (Å²) < 4.78 is 2.04. The first-order valence-electron chi connectivity index (χ1n) is 6.13. The van der Waals surface area contributed by atoms with Crippen LogP contribution in [0.3, 0.4) is 0 Å². The number of H-pyrrole nitrogens is 1. The average molecular weight is 257 g/mol. The summed E-state index contributed by atoms with van der Waals surface area (Å²) in [5, 5.41) is 9.73. The number of nitrogens with zero attached hydrogens (tertiary/aromatic N) is 2. The van der Waals surface area contributed by atoms with Gasteiger partial charge in [0.05, 0.1) is 17.0 Å². The van der Waals surface area contributed by atoms with Crippen LogP contribution in [0.25, 0.3) is 11.4 Å². The van der Waals surface area contributed by atoms with Crippen LogP contribution < -0.4 is 11.1 Å². The second-order valence-electron chi connectivity index (χ2n) is 4.52. The molecule has 19 heavy (non-hydrogen) atoms. The van der Waals surface area contributed by atoms with Gasteiger partial charge in [0.2, 0.25) is 0 Å². The van der Waals surface area contributed by atoms with Gasteiger partial charge in [-0.3, -0.25) is 9.89 Å². The summed E-state index contributed by atoms with van der Waals surface area (Å²) in [6.07, 6.45) is 4.34. The van der Waals surface area contributed by atoms with Gasteiger partial charge in [0.1, 0.15) is 5.82 Å². The standard InChI is InChI=1S/C13H15N5O/c1-2-4-15-13(19)8-6-10-11-9(12(14)17-16-11)3-5-18(10)7-8/h2,6-7H,1,3-5H2,(H,15,19)(H3,14,16,17). The summed E-state index contributed by atoms with van der Waals surface area (Å²) in [6, 6.07) is 1.86. The van der Waals surface area contributed by atoms with Crippen LogP contribution in [0.5, 0.6) is 0 Å². The van der Waals surface area contributed by atoms with Crippen molar-refractivity contribution in [2.45, 2.75) is 13.0 Å². The Labute approximate surface area is 110 Å². The van der Waals surface area contributed by atoms with E-state index in [1.165, 1.54) is 0 Å². The Morgan fingerprint density at radius 1 is 1.68 bits per heavy atom. The van der Waals surface area contributed by atoms with Gasteiger partial charge < -0.3 is 15.6 Å². The van der Waals surface area contributed by atoms with Gasteiger partial charge in [-0.05, 0) is 12.5 Å². The van der Waals surface area contributed by atoms with Crippen LogP contribution in [0.15, 0.2) is 24.9 Å². The number of aromatic nitrogens is 3. The quantitative estimate of drug-likeness (QED) is 0.715. The van der Waals surface area contributed by atoms with Crippen molar-refractivity contribution in [1.82, 2.24) is 20.1 Å². The highest BCUT2D eigenvalue weighted by atomic mass is 16.1. The number of carbonyl (C=O) groups excluding carboxylic acids is 1. The van der Waals surface area contributed by atoms with Crippen molar-refractivity contribution in [3.63, 3.8) is 0 Å². The van der Waals surface area contributed by atoms with E-state index in [1.807, 2.05) is 16.8 Å². The lowest BCUT2D eigenvalue weighted by molar-refractivity contribution is 0.0958. The molecule has 0 bridgehead atoms. The van der Waals surface area contributed by atoms with Crippen molar-refractivity contribution in [3.05, 3.63) is 36.0 Å². The minimum absolute atomic E-state index is 0.101. The van der Waals surface area contributed by atoms with Crippen LogP contribution in [-0.4, -0.2) is 27.2 Å². The maximum Gasteiger partial charge on any atom is 0.253 e. The maximum absolute atomic E-state index is 11.9. The van der Waals surface area contributed by atoms with E-state index in [1.54, 1.807) is 6.08 Å². The van der Waals surface area contributed by atoms with E-state index in [0.717, 1.165) is 29.9 Å². The third-order valence-electron chi connectivity index (χ3n) is 3.32. The van der Waals surface area contributed by atoms with E-state index in [4.69, 9.17) is 5.73 Å². The molecule has 6 heteroatoms. The molecule has 0 saturated carbocycles. The van der Waals surface area contributed by atoms with E-state index < -0.39 is 0 Å². The van der Waals surface area contributed by atoms with Crippen molar-refractivity contribution in [2.24, 2.45) is 0 Å². The van der Waals surface area contributed by atoms with Gasteiger partial charge in [-0.1, -0.05) is 6.08 Å². The number of fused-ring (bicyclic) bond motifs is 3. The fraction of sp³-hybridized carbons (Fsp3) is 0.231. The monoisotopic (exact) mass is 257 g/mol. The molecule has 4 N–H and O–H groups in total. The summed E-state index contributed by atoms with van der Waals surface area (Å²) in [5.74, 6) is 0.441. The second kappa shape index (κ2) is 4.31. The number of nitrogen functional groups attached to an aromatic ring is 1. The molecule has 0 atom stereocenters. The largest absolute Gasteiger partial charge is 0.382 e. The van der Waals surface area contributed by atoms with Crippen LogP contribution in [0.1, 0.15) is 15.9 Å². The van der Waals surface area contributed by atoms with E-state index in [2.05, 4.69) is 22.1 Å². The molecule has 0 fully saturated rings. The van der Waals surface area contributed by atoms with Crippen LogP contribution in [0.2, 0.25) is 0 Å². The van der Waals surface area contributed by atoms with E-state index in [-0.39, 0.29) is 5.91 Å². The average Bonchev–Trinajstić information content (AvgIpc) is 2.99. The molecule has 3 rings (SSSR count). The minimum Gasteiger partial charge on any atom is -0.382 e. The first-order valence-corrected chi connectivity index (χ1v) is 6.13. The fourth-order valence-electron chi connectivity index (χ4n) is 2.37. The first-order chi connectivity index (χ1) is 9.20. The van der Waals surface area contributed by atoms with Crippen LogP contribution in [0, 0.1) is 0 Å². The lowest BCUT2D eigenvalue weighted by Gasteiger charge is -2.14. The second-order valence-corrected chi connectivity index (χ2v) is 4.52. The van der Waals surface area contributed by atoms with Gasteiger partial charge >= 0.3 is 0 Å². The summed E-state index contributed by atoms with van der Waals surface area (Å²) in [4.78, 5) is 11.9. The van der Waals surface area contributed by atoms with Crippen LogP contribution in [0.4, 0.5) is 5.82 Å². The molecule has 0 aromatic carbocycles. The number of nitrogens with one attached hydrogen (secondary N) is 2. The predicted molar refractivity (Wildman–Crippen MR) is 72.7 cm³/mol. The topological polar surface area (TPSA) is 88.7 Å².